The van der Waals surface area contributed by atoms with Crippen molar-refractivity contribution in [2.24, 2.45) is 5.92 Å². The summed E-state index contributed by atoms with van der Waals surface area (Å²) in [5, 5.41) is 9.94. The van der Waals surface area contributed by atoms with Crippen LogP contribution >= 0.6 is 10.7 Å². The second-order valence-corrected chi connectivity index (χ2v) is 10.3. The number of rotatable bonds is 9. The SMILES string of the molecule is C#C.C=CC(C)[C@@H](NC(=C)[C@@H]1CCCN1)C(=C)NS(=C)C1CC1.CC.Nc1nccc2ccccc12. The highest BCUT2D eigenvalue weighted by Crippen LogP contribution is 2.37. The van der Waals surface area contributed by atoms with E-state index in [9.17, 15) is 0 Å². The van der Waals surface area contributed by atoms with E-state index >= 15 is 0 Å². The number of nitrogens with zero attached hydrogens (tertiary/aromatic N) is 1. The van der Waals surface area contributed by atoms with E-state index in [-0.39, 0.29) is 16.7 Å². The van der Waals surface area contributed by atoms with Gasteiger partial charge in [-0.25, -0.2) is 4.98 Å². The van der Waals surface area contributed by atoms with Gasteiger partial charge in [-0.2, -0.15) is 0 Å². The molecule has 1 saturated heterocycles. The summed E-state index contributed by atoms with van der Waals surface area (Å²) in [5.41, 5.74) is 7.71. The number of terminal acetylenes is 1. The Morgan fingerprint density at radius 3 is 2.42 bits per heavy atom. The van der Waals surface area contributed by atoms with Crippen molar-refractivity contribution in [2.45, 2.75) is 63.8 Å². The topological polar surface area (TPSA) is 75.0 Å². The lowest BCUT2D eigenvalue weighted by atomic mass is 9.98. The summed E-state index contributed by atoms with van der Waals surface area (Å²) in [6, 6.07) is 10.4. The summed E-state index contributed by atoms with van der Waals surface area (Å²) in [6.45, 7) is 19.6. The Kier molecular flexibility index (Phi) is 14.3. The van der Waals surface area contributed by atoms with Crippen LogP contribution in [0.4, 0.5) is 5.82 Å². The lowest BCUT2D eigenvalue weighted by Crippen LogP contribution is -2.43. The Hall–Kier alpha value is -3.01. The average molecular weight is 508 g/mol. The number of benzene rings is 1. The van der Waals surface area contributed by atoms with Gasteiger partial charge in [0.2, 0.25) is 0 Å². The van der Waals surface area contributed by atoms with E-state index in [2.05, 4.69) is 65.7 Å². The average Bonchev–Trinajstić information content (AvgIpc) is 3.63. The molecule has 2 heterocycles. The van der Waals surface area contributed by atoms with Crippen LogP contribution in [-0.4, -0.2) is 34.7 Å². The fourth-order valence-electron chi connectivity index (χ4n) is 3.77. The number of nitrogens with one attached hydrogen (secondary N) is 3. The van der Waals surface area contributed by atoms with E-state index < -0.39 is 0 Å². The van der Waals surface area contributed by atoms with Crippen molar-refractivity contribution in [3.8, 4) is 12.8 Å². The van der Waals surface area contributed by atoms with Gasteiger partial charge in [-0.05, 0) is 49.6 Å². The number of hydrogen-bond acceptors (Lipinski definition) is 5. The van der Waals surface area contributed by atoms with Crippen molar-refractivity contribution in [2.75, 3.05) is 12.3 Å². The van der Waals surface area contributed by atoms with Crippen LogP contribution in [0.3, 0.4) is 0 Å². The van der Waals surface area contributed by atoms with Crippen LogP contribution in [0.2, 0.25) is 0 Å². The Morgan fingerprint density at radius 2 is 1.86 bits per heavy atom. The number of hydrogen-bond donors (Lipinski definition) is 4. The van der Waals surface area contributed by atoms with E-state index in [1.807, 2.05) is 50.3 Å². The van der Waals surface area contributed by atoms with Gasteiger partial charge in [0.1, 0.15) is 5.82 Å². The van der Waals surface area contributed by atoms with Gasteiger partial charge in [0.25, 0.3) is 0 Å². The number of nitrogen functional groups attached to an aromatic ring is 1. The van der Waals surface area contributed by atoms with Crippen LogP contribution in [0.1, 0.15) is 46.5 Å². The third-order valence-electron chi connectivity index (χ3n) is 5.99. The summed E-state index contributed by atoms with van der Waals surface area (Å²) in [7, 11) is -0.0157. The molecule has 1 aliphatic carbocycles. The van der Waals surface area contributed by atoms with Gasteiger partial charge in [0.05, 0.1) is 6.04 Å². The van der Waals surface area contributed by atoms with E-state index in [0.29, 0.717) is 17.8 Å². The summed E-state index contributed by atoms with van der Waals surface area (Å²) in [5.74, 6) is 5.12. The van der Waals surface area contributed by atoms with Crippen LogP contribution in [0.25, 0.3) is 10.8 Å². The molecule has 2 fully saturated rings. The minimum absolute atomic E-state index is 0.0157. The lowest BCUT2D eigenvalue weighted by molar-refractivity contribution is 0.486. The predicted octanol–water partition coefficient (Wildman–Crippen LogP) is 6.01. The molecule has 2 aliphatic rings. The smallest absolute Gasteiger partial charge is 0.131 e. The van der Waals surface area contributed by atoms with Crippen molar-refractivity contribution in [1.29, 1.82) is 0 Å². The third kappa shape index (κ3) is 9.56. The van der Waals surface area contributed by atoms with Crippen LogP contribution in [0, 0.1) is 18.8 Å². The standard InChI is InChI=1S/C17H29N3S.C9H8N2.C2H6.C2H2/c1-6-12(2)17(14(4)20-21(5)15-9-10-15)19-13(3)16-8-7-11-18-16;10-9-8-4-2-1-3-7(8)5-6-11-9;2*1-2/h6,12,15-20H,1,3-5,7-11H2,2H3;1-6H,(H2,10,11);1-2H3;1-2H/t12?,16-,17+,21?;;;/m0.../s1. The lowest BCUT2D eigenvalue weighted by Gasteiger charge is -2.30. The third-order valence-corrected chi connectivity index (χ3v) is 7.79. The van der Waals surface area contributed by atoms with Gasteiger partial charge < -0.3 is 21.1 Å². The number of anilines is 1. The van der Waals surface area contributed by atoms with Gasteiger partial charge in [0.15, 0.2) is 0 Å². The maximum Gasteiger partial charge on any atom is 0.131 e. The van der Waals surface area contributed by atoms with E-state index in [1.165, 1.54) is 19.3 Å². The molecular formula is C30H45N5S. The van der Waals surface area contributed by atoms with Crippen LogP contribution in [-0.2, 0) is 0 Å². The maximum absolute atomic E-state index is 5.65. The molecule has 1 saturated carbocycles. The Labute approximate surface area is 221 Å². The second-order valence-electron chi connectivity index (χ2n) is 8.56. The van der Waals surface area contributed by atoms with Crippen LogP contribution < -0.4 is 21.1 Å². The molecule has 0 spiro atoms. The summed E-state index contributed by atoms with van der Waals surface area (Å²) < 4.78 is 3.50. The predicted molar refractivity (Wildman–Crippen MR) is 164 cm³/mol. The van der Waals surface area contributed by atoms with Crippen molar-refractivity contribution in [1.82, 2.24) is 20.3 Å². The molecule has 1 aliphatic heterocycles. The minimum Gasteiger partial charge on any atom is -0.383 e. The van der Waals surface area contributed by atoms with Gasteiger partial charge in [0, 0.05) is 34.3 Å². The number of fused-ring (bicyclic) bond motifs is 1. The Balaban J connectivity index is 0.000000361. The van der Waals surface area contributed by atoms with E-state index in [4.69, 9.17) is 5.73 Å². The molecule has 0 bridgehead atoms. The van der Waals surface area contributed by atoms with Gasteiger partial charge in [-0.1, -0.05) is 70.1 Å². The fraction of sp³-hybridized carbons (Fsp3) is 0.400. The zero-order valence-corrected chi connectivity index (χ0v) is 23.1. The first-order valence-electron chi connectivity index (χ1n) is 12.6. The zero-order chi connectivity index (χ0) is 27.1. The molecule has 1 aromatic carbocycles. The van der Waals surface area contributed by atoms with Crippen molar-refractivity contribution in [3.05, 3.63) is 73.7 Å². The van der Waals surface area contributed by atoms with Gasteiger partial charge in [-0.3, -0.25) is 0 Å². The van der Waals surface area contributed by atoms with Crippen molar-refractivity contribution < 1.29 is 0 Å². The maximum atomic E-state index is 5.65. The normalized spacial score (nSPS) is 18.3. The molecule has 2 unspecified atom stereocenters. The Bertz CT molecular complexity index is 1010. The molecule has 196 valence electrons. The first kappa shape index (κ1) is 31.0. The number of nitrogens with two attached hydrogens (primary N) is 1. The molecule has 5 nitrogen and oxygen atoms in total. The highest BCUT2D eigenvalue weighted by molar-refractivity contribution is 8.13. The molecule has 6 heteroatoms. The molecular weight excluding hydrogens is 462 g/mol. The van der Waals surface area contributed by atoms with Crippen molar-refractivity contribution >= 4 is 33.1 Å². The fourth-order valence-corrected chi connectivity index (χ4v) is 5.10. The van der Waals surface area contributed by atoms with E-state index in [0.717, 1.165) is 40.4 Å². The number of pyridine rings is 1. The molecule has 36 heavy (non-hydrogen) atoms. The highest BCUT2D eigenvalue weighted by Gasteiger charge is 2.27. The molecule has 1 aromatic heterocycles. The second kappa shape index (κ2) is 16.6. The molecule has 4 atom stereocenters. The van der Waals surface area contributed by atoms with E-state index in [1.54, 1.807) is 6.20 Å². The van der Waals surface area contributed by atoms with Crippen LogP contribution in [0.5, 0.6) is 0 Å². The molecule has 4 rings (SSSR count). The number of aromatic nitrogens is 1. The minimum atomic E-state index is -0.0157. The first-order chi connectivity index (χ1) is 17.4. The monoisotopic (exact) mass is 507 g/mol. The molecule has 5 N–H and O–H groups in total. The van der Waals surface area contributed by atoms with Gasteiger partial charge >= 0.3 is 0 Å². The van der Waals surface area contributed by atoms with Gasteiger partial charge in [-0.15, -0.1) is 30.1 Å². The molecule has 0 radical (unpaired) electrons. The van der Waals surface area contributed by atoms with Crippen LogP contribution in [0.15, 0.2) is 73.7 Å². The first-order valence-corrected chi connectivity index (χ1v) is 14.1. The van der Waals surface area contributed by atoms with Crippen molar-refractivity contribution in [3.63, 3.8) is 0 Å². The largest absolute Gasteiger partial charge is 0.383 e. The quantitative estimate of drug-likeness (QED) is 0.190. The molecule has 2 aromatic rings. The summed E-state index contributed by atoms with van der Waals surface area (Å²) >= 11 is 0. The summed E-state index contributed by atoms with van der Waals surface area (Å²) in [6.07, 6.45) is 16.6. The summed E-state index contributed by atoms with van der Waals surface area (Å²) in [4.78, 5) is 3.99. The Morgan fingerprint density at radius 1 is 1.19 bits per heavy atom. The zero-order valence-electron chi connectivity index (χ0n) is 22.3. The highest BCUT2D eigenvalue weighted by atomic mass is 32.2. The molecule has 0 amide bonds.